The second-order valence-corrected chi connectivity index (χ2v) is 15.6. The van der Waals surface area contributed by atoms with Crippen molar-refractivity contribution in [3.63, 3.8) is 0 Å². The molecule has 0 saturated carbocycles. The maximum atomic E-state index is 11.8. The number of nitrogens with zero attached hydrogens (tertiary/aromatic N) is 4. The molecular formula is C16H20N5O7PSSe. The van der Waals surface area contributed by atoms with Gasteiger partial charge in [0.25, 0.3) is 0 Å². The van der Waals surface area contributed by atoms with Crippen LogP contribution in [0.1, 0.15) is 20.1 Å². The van der Waals surface area contributed by atoms with Crippen LogP contribution in [0.5, 0.6) is 0 Å². The molecule has 2 N–H and O–H groups in total. The van der Waals surface area contributed by atoms with E-state index in [1.807, 2.05) is 0 Å². The van der Waals surface area contributed by atoms with E-state index in [0.717, 1.165) is 5.75 Å². The van der Waals surface area contributed by atoms with Gasteiger partial charge in [0.2, 0.25) is 0 Å². The summed E-state index contributed by atoms with van der Waals surface area (Å²) in [6.45, 7) is 3.19. The molecule has 0 radical (unpaired) electrons. The van der Waals surface area contributed by atoms with Gasteiger partial charge in [-0.05, 0) is 0 Å². The number of aromatic nitrogens is 4. The summed E-state index contributed by atoms with van der Waals surface area (Å²) in [5, 5.41) is -2.20. The third-order valence-corrected chi connectivity index (χ3v) is 11.6. The fourth-order valence-corrected chi connectivity index (χ4v) is 8.73. The number of ether oxygens (including phenoxy) is 3. The van der Waals surface area contributed by atoms with Crippen LogP contribution in [-0.2, 0) is 32.8 Å². The van der Waals surface area contributed by atoms with Crippen LogP contribution in [0.2, 0.25) is 0 Å². The zero-order chi connectivity index (χ0) is 22.2. The van der Waals surface area contributed by atoms with Crippen molar-refractivity contribution in [2.24, 2.45) is 0 Å². The number of carbonyl (C=O) groups is 2. The number of nitrogen functional groups attached to an aromatic ring is 1. The number of fused-ring (bicyclic) bond motifs is 1. The number of anilines is 1. The minimum absolute atomic E-state index is 0.0593. The first-order chi connectivity index (χ1) is 14.8. The van der Waals surface area contributed by atoms with Crippen LogP contribution in [0.3, 0.4) is 0 Å². The van der Waals surface area contributed by atoms with Crippen molar-refractivity contribution < 1.29 is 32.8 Å². The van der Waals surface area contributed by atoms with Crippen molar-refractivity contribution in [2.75, 3.05) is 24.7 Å². The molecule has 0 aliphatic carbocycles. The average molecular weight is 536 g/mol. The van der Waals surface area contributed by atoms with Crippen LogP contribution in [0, 0.1) is 0 Å². The molecule has 2 aliphatic heterocycles. The minimum atomic E-state index is -2.20. The quantitative estimate of drug-likeness (QED) is 0.316. The molecule has 31 heavy (non-hydrogen) atoms. The van der Waals surface area contributed by atoms with Gasteiger partial charge >= 0.3 is 189 Å². The standard InChI is InChI=1S/C16H20N5O7PSSe/c1-8(22)26-12-10(5-25-29(31)24-3-4-30-29)28-16(13(12)27-9(2)23)21-7-20-11-14(17)18-6-19-15(11)21/h6-7,10,12-13,16H,3-5H2,1-2H3,(H2,17,18,19)/t10-,12-,13-,16-,29?/m1/s1. The predicted octanol–water partition coefficient (Wildman–Crippen LogP) is 0.795. The van der Waals surface area contributed by atoms with Crippen LogP contribution >= 0.6 is 16.5 Å². The van der Waals surface area contributed by atoms with Gasteiger partial charge in [-0.3, -0.25) is 0 Å². The Morgan fingerprint density at radius 1 is 1.29 bits per heavy atom. The summed E-state index contributed by atoms with van der Waals surface area (Å²) >= 11 is 4.55. The number of rotatable bonds is 6. The molecule has 2 fully saturated rings. The number of hydrogen-bond acceptors (Lipinski definition) is 12. The van der Waals surface area contributed by atoms with Gasteiger partial charge < -0.3 is 0 Å². The molecule has 168 valence electrons. The van der Waals surface area contributed by atoms with E-state index in [0.29, 0.717) is 17.8 Å². The molecule has 0 aromatic carbocycles. The monoisotopic (exact) mass is 537 g/mol. The normalized spacial score (nSPS) is 30.5. The molecular weight excluding hydrogens is 516 g/mol. The molecule has 4 heterocycles. The third kappa shape index (κ3) is 4.80. The molecule has 12 nitrogen and oxygen atoms in total. The fraction of sp³-hybridized carbons (Fsp3) is 0.562. The van der Waals surface area contributed by atoms with Gasteiger partial charge in [-0.15, -0.1) is 0 Å². The first-order valence-corrected chi connectivity index (χ1v) is 14.7. The molecule has 0 bridgehead atoms. The topological polar surface area (TPSA) is 150 Å². The molecule has 2 aromatic heterocycles. The third-order valence-electron chi connectivity index (χ3n) is 4.53. The number of nitrogens with two attached hydrogens (primary N) is 1. The predicted molar refractivity (Wildman–Crippen MR) is 112 cm³/mol. The second kappa shape index (κ2) is 9.14. The maximum absolute atomic E-state index is 11.8. The first-order valence-electron chi connectivity index (χ1n) is 9.24. The summed E-state index contributed by atoms with van der Waals surface area (Å²) in [6.07, 6.45) is -0.731. The zero-order valence-electron chi connectivity index (χ0n) is 16.6. The van der Waals surface area contributed by atoms with Gasteiger partial charge in [0, 0.05) is 0 Å². The molecule has 0 spiro atoms. The van der Waals surface area contributed by atoms with Crippen molar-refractivity contribution >= 4 is 60.6 Å². The number of hydrogen-bond donors (Lipinski definition) is 1. The summed E-state index contributed by atoms with van der Waals surface area (Å²) in [6, 6.07) is 0. The number of imidazole rings is 1. The van der Waals surface area contributed by atoms with Crippen molar-refractivity contribution in [1.82, 2.24) is 19.5 Å². The van der Waals surface area contributed by atoms with Crippen LogP contribution < -0.4 is 5.73 Å². The van der Waals surface area contributed by atoms with Gasteiger partial charge in [0.05, 0.1) is 0 Å². The average Bonchev–Trinajstić information content (AvgIpc) is 3.39. The van der Waals surface area contributed by atoms with Gasteiger partial charge in [-0.1, -0.05) is 0 Å². The fourth-order valence-electron chi connectivity index (χ4n) is 3.35. The second-order valence-electron chi connectivity index (χ2n) is 6.71. The Bertz CT molecular complexity index is 1040. The Morgan fingerprint density at radius 3 is 2.71 bits per heavy atom. The molecule has 4 rings (SSSR count). The Balaban J connectivity index is 1.67. The van der Waals surface area contributed by atoms with E-state index in [9.17, 15) is 9.59 Å². The first kappa shape index (κ1) is 22.7. The van der Waals surface area contributed by atoms with Gasteiger partial charge in [-0.25, -0.2) is 0 Å². The van der Waals surface area contributed by atoms with Gasteiger partial charge in [0.1, 0.15) is 0 Å². The van der Waals surface area contributed by atoms with Crippen molar-refractivity contribution in [3.05, 3.63) is 12.7 Å². The Labute approximate surface area is 188 Å². The van der Waals surface area contributed by atoms with Crippen LogP contribution in [0.4, 0.5) is 5.82 Å². The van der Waals surface area contributed by atoms with Gasteiger partial charge in [0.15, 0.2) is 0 Å². The molecule has 5 atom stereocenters. The molecule has 0 amide bonds. The van der Waals surface area contributed by atoms with E-state index in [-0.39, 0.29) is 12.4 Å². The molecule has 2 aliphatic rings. The summed E-state index contributed by atoms with van der Waals surface area (Å²) < 4.78 is 30.4. The SMILES string of the molecule is CC(=O)O[C@@H]1[C@H](OC(C)=O)[C@@H](COP2(=[Se])OCCS2)O[C@H]1n1cnc2c(N)ncnc21. The van der Waals surface area contributed by atoms with Crippen molar-refractivity contribution in [3.8, 4) is 0 Å². The Morgan fingerprint density at radius 2 is 2.03 bits per heavy atom. The summed E-state index contributed by atoms with van der Waals surface area (Å²) in [7, 11) is 0. The summed E-state index contributed by atoms with van der Waals surface area (Å²) in [5.74, 6) is -0.0812. The van der Waals surface area contributed by atoms with E-state index < -0.39 is 41.6 Å². The summed E-state index contributed by atoms with van der Waals surface area (Å²) in [5.41, 5.74) is 6.64. The number of carbonyl (C=O) groups excluding carboxylic acids is 2. The molecule has 1 unspecified atom stereocenters. The van der Waals surface area contributed by atoms with Crippen molar-refractivity contribution in [2.45, 2.75) is 38.4 Å². The van der Waals surface area contributed by atoms with E-state index in [1.54, 1.807) is 15.9 Å². The number of esters is 2. The van der Waals surface area contributed by atoms with E-state index in [2.05, 4.69) is 30.0 Å². The Kier molecular flexibility index (Phi) is 6.68. The summed E-state index contributed by atoms with van der Waals surface area (Å²) in [4.78, 5) is 36.0. The van der Waals surface area contributed by atoms with Gasteiger partial charge in [-0.2, -0.15) is 0 Å². The molecule has 15 heteroatoms. The zero-order valence-corrected chi connectivity index (χ0v) is 20.0. The van der Waals surface area contributed by atoms with Crippen LogP contribution in [0.25, 0.3) is 11.2 Å². The molecule has 2 aromatic rings. The molecule has 2 saturated heterocycles. The van der Waals surface area contributed by atoms with Crippen LogP contribution in [0.15, 0.2) is 12.7 Å². The Hall–Kier alpha value is -1.53. The van der Waals surface area contributed by atoms with Crippen molar-refractivity contribution in [1.29, 1.82) is 0 Å². The van der Waals surface area contributed by atoms with E-state index in [4.69, 9.17) is 29.0 Å². The van der Waals surface area contributed by atoms with Crippen LogP contribution in [-0.4, -0.2) is 83.8 Å². The van der Waals surface area contributed by atoms with E-state index in [1.165, 1.54) is 26.5 Å². The van der Waals surface area contributed by atoms with E-state index >= 15 is 0 Å².